The Hall–Kier alpha value is -1.70. The second-order valence-electron chi connectivity index (χ2n) is 4.90. The van der Waals surface area contributed by atoms with E-state index in [2.05, 4.69) is 4.74 Å². The number of carbonyl (C=O) groups is 2. The SMILES string of the molecule is Cc1cc(OC(F)F)c(C(=O)N2CCC(C(=O)O)C2C)s1. The molecular formula is C13H15F2NO4S. The van der Waals surface area contributed by atoms with Crippen molar-refractivity contribution in [2.24, 2.45) is 5.92 Å². The molecule has 1 aliphatic heterocycles. The Morgan fingerprint density at radius 3 is 2.71 bits per heavy atom. The van der Waals surface area contributed by atoms with Gasteiger partial charge in [-0.3, -0.25) is 9.59 Å². The maximum absolute atomic E-state index is 12.5. The molecular weight excluding hydrogens is 304 g/mol. The summed E-state index contributed by atoms with van der Waals surface area (Å²) in [5.74, 6) is -2.19. The Morgan fingerprint density at radius 1 is 1.52 bits per heavy atom. The number of nitrogens with zero attached hydrogens (tertiary/aromatic N) is 1. The van der Waals surface area contributed by atoms with Crippen molar-refractivity contribution in [2.75, 3.05) is 6.54 Å². The van der Waals surface area contributed by atoms with Crippen LogP contribution in [0.2, 0.25) is 0 Å². The molecule has 1 fully saturated rings. The van der Waals surface area contributed by atoms with Crippen LogP contribution in [0.5, 0.6) is 5.75 Å². The van der Waals surface area contributed by atoms with Gasteiger partial charge in [-0.2, -0.15) is 8.78 Å². The fourth-order valence-electron chi connectivity index (χ4n) is 2.51. The van der Waals surface area contributed by atoms with Crippen molar-refractivity contribution in [3.63, 3.8) is 0 Å². The van der Waals surface area contributed by atoms with Crippen LogP contribution >= 0.6 is 11.3 Å². The van der Waals surface area contributed by atoms with Crippen LogP contribution in [0.4, 0.5) is 8.78 Å². The van der Waals surface area contributed by atoms with Crippen molar-refractivity contribution in [2.45, 2.75) is 32.9 Å². The molecule has 1 saturated heterocycles. The van der Waals surface area contributed by atoms with Crippen molar-refractivity contribution in [1.82, 2.24) is 4.90 Å². The number of carboxylic acid groups (broad SMARTS) is 1. The van der Waals surface area contributed by atoms with Crippen LogP contribution in [0, 0.1) is 12.8 Å². The number of amides is 1. The molecule has 1 aliphatic rings. The largest absolute Gasteiger partial charge is 0.481 e. The molecule has 0 radical (unpaired) electrons. The molecule has 2 unspecified atom stereocenters. The number of hydrogen-bond acceptors (Lipinski definition) is 4. The van der Waals surface area contributed by atoms with Gasteiger partial charge in [-0.05, 0) is 26.3 Å². The van der Waals surface area contributed by atoms with Gasteiger partial charge >= 0.3 is 12.6 Å². The van der Waals surface area contributed by atoms with Crippen molar-refractivity contribution in [3.05, 3.63) is 15.8 Å². The summed E-state index contributed by atoms with van der Waals surface area (Å²) < 4.78 is 29.1. The second-order valence-corrected chi connectivity index (χ2v) is 6.16. The first-order valence-electron chi connectivity index (χ1n) is 6.40. The van der Waals surface area contributed by atoms with Crippen LogP contribution in [0.15, 0.2) is 6.07 Å². The lowest BCUT2D eigenvalue weighted by molar-refractivity contribution is -0.142. The highest BCUT2D eigenvalue weighted by molar-refractivity contribution is 7.14. The molecule has 1 N–H and O–H groups in total. The number of carboxylic acids is 1. The molecule has 2 atom stereocenters. The topological polar surface area (TPSA) is 66.8 Å². The average Bonchev–Trinajstić information content (AvgIpc) is 2.91. The molecule has 5 nitrogen and oxygen atoms in total. The van der Waals surface area contributed by atoms with E-state index in [0.717, 1.165) is 11.3 Å². The zero-order chi connectivity index (χ0) is 15.7. The Labute approximate surface area is 124 Å². The van der Waals surface area contributed by atoms with Gasteiger partial charge in [0.15, 0.2) is 0 Å². The van der Waals surface area contributed by atoms with Crippen molar-refractivity contribution < 1.29 is 28.2 Å². The number of carbonyl (C=O) groups excluding carboxylic acids is 1. The molecule has 1 aromatic rings. The van der Waals surface area contributed by atoms with E-state index in [1.54, 1.807) is 13.8 Å². The maximum atomic E-state index is 12.5. The van der Waals surface area contributed by atoms with E-state index in [1.807, 2.05) is 0 Å². The van der Waals surface area contributed by atoms with E-state index >= 15 is 0 Å². The van der Waals surface area contributed by atoms with Gasteiger partial charge in [-0.15, -0.1) is 11.3 Å². The predicted octanol–water partition coefficient (Wildman–Crippen LogP) is 2.59. The molecule has 1 aromatic heterocycles. The van der Waals surface area contributed by atoms with Crippen molar-refractivity contribution >= 4 is 23.2 Å². The predicted molar refractivity (Wildman–Crippen MR) is 71.9 cm³/mol. The smallest absolute Gasteiger partial charge is 0.387 e. The third-order valence-electron chi connectivity index (χ3n) is 3.56. The molecule has 2 heterocycles. The van der Waals surface area contributed by atoms with E-state index in [1.165, 1.54) is 11.0 Å². The highest BCUT2D eigenvalue weighted by atomic mass is 32.1. The van der Waals surface area contributed by atoms with E-state index in [9.17, 15) is 18.4 Å². The zero-order valence-electron chi connectivity index (χ0n) is 11.5. The number of hydrogen-bond donors (Lipinski definition) is 1. The number of likely N-dealkylation sites (tertiary alicyclic amines) is 1. The zero-order valence-corrected chi connectivity index (χ0v) is 12.3. The molecule has 8 heteroatoms. The fraction of sp³-hybridized carbons (Fsp3) is 0.538. The van der Waals surface area contributed by atoms with Gasteiger partial charge in [0.1, 0.15) is 10.6 Å². The highest BCUT2D eigenvalue weighted by Gasteiger charge is 2.39. The summed E-state index contributed by atoms with van der Waals surface area (Å²) in [6.07, 6.45) is 0.359. The molecule has 1 amide bonds. The van der Waals surface area contributed by atoms with Crippen LogP contribution in [0.3, 0.4) is 0 Å². The lowest BCUT2D eigenvalue weighted by atomic mass is 10.0. The third-order valence-corrected chi connectivity index (χ3v) is 4.58. The lowest BCUT2D eigenvalue weighted by Crippen LogP contribution is -2.37. The number of alkyl halides is 2. The molecule has 0 bridgehead atoms. The molecule has 0 aromatic carbocycles. The Balaban J connectivity index is 2.23. The van der Waals surface area contributed by atoms with Crippen LogP contribution in [-0.2, 0) is 4.79 Å². The summed E-state index contributed by atoms with van der Waals surface area (Å²) in [6, 6.07) is 0.913. The molecule has 0 aliphatic carbocycles. The van der Waals surface area contributed by atoms with Gasteiger partial charge in [0.2, 0.25) is 0 Å². The highest BCUT2D eigenvalue weighted by Crippen LogP contribution is 2.34. The summed E-state index contributed by atoms with van der Waals surface area (Å²) in [5.41, 5.74) is 0. The minimum absolute atomic E-state index is 0.0886. The minimum atomic E-state index is -3.01. The quantitative estimate of drug-likeness (QED) is 0.926. The summed E-state index contributed by atoms with van der Waals surface area (Å²) in [5, 5.41) is 9.07. The minimum Gasteiger partial charge on any atom is -0.481 e. The lowest BCUT2D eigenvalue weighted by Gasteiger charge is -2.23. The summed E-state index contributed by atoms with van der Waals surface area (Å²) >= 11 is 1.07. The van der Waals surface area contributed by atoms with Crippen LogP contribution < -0.4 is 4.74 Å². The van der Waals surface area contributed by atoms with E-state index in [0.29, 0.717) is 17.8 Å². The monoisotopic (exact) mass is 319 g/mol. The maximum Gasteiger partial charge on any atom is 0.387 e. The van der Waals surface area contributed by atoms with Crippen molar-refractivity contribution in [1.29, 1.82) is 0 Å². The van der Waals surface area contributed by atoms with Gasteiger partial charge in [-0.1, -0.05) is 0 Å². The van der Waals surface area contributed by atoms with Gasteiger partial charge in [0.05, 0.1) is 5.92 Å². The summed E-state index contributed by atoms with van der Waals surface area (Å²) in [4.78, 5) is 25.7. The standard InChI is InChI=1S/C13H15F2NO4S/c1-6-5-9(20-13(14)15)10(21-6)11(17)16-4-3-8(7(16)2)12(18)19/h5,7-8,13H,3-4H2,1-2H3,(H,18,19). The number of ether oxygens (including phenoxy) is 1. The van der Waals surface area contributed by atoms with Gasteiger partial charge < -0.3 is 14.7 Å². The van der Waals surface area contributed by atoms with E-state index < -0.39 is 30.4 Å². The first-order valence-corrected chi connectivity index (χ1v) is 7.22. The molecule has 21 heavy (non-hydrogen) atoms. The van der Waals surface area contributed by atoms with Gasteiger partial charge in [0.25, 0.3) is 5.91 Å². The van der Waals surface area contributed by atoms with Crippen molar-refractivity contribution in [3.8, 4) is 5.75 Å². The Bertz CT molecular complexity index is 560. The van der Waals surface area contributed by atoms with Gasteiger partial charge in [-0.25, -0.2) is 0 Å². The van der Waals surface area contributed by atoms with Crippen LogP contribution in [0.1, 0.15) is 27.9 Å². The van der Waals surface area contributed by atoms with Crippen LogP contribution in [0.25, 0.3) is 0 Å². The first kappa shape index (κ1) is 15.7. The number of rotatable bonds is 4. The number of aryl methyl sites for hydroxylation is 1. The summed E-state index contributed by atoms with van der Waals surface area (Å²) in [6.45, 7) is 0.626. The Kier molecular flexibility index (Phi) is 4.46. The van der Waals surface area contributed by atoms with E-state index in [-0.39, 0.29) is 10.6 Å². The number of halogens is 2. The summed E-state index contributed by atoms with van der Waals surface area (Å²) in [7, 11) is 0. The average molecular weight is 319 g/mol. The molecule has 2 rings (SSSR count). The molecule has 0 spiro atoms. The number of thiophene rings is 1. The fourth-order valence-corrected chi connectivity index (χ4v) is 3.41. The normalized spacial score (nSPS) is 21.9. The Morgan fingerprint density at radius 2 is 2.19 bits per heavy atom. The first-order chi connectivity index (χ1) is 9.81. The van der Waals surface area contributed by atoms with E-state index in [4.69, 9.17) is 5.11 Å². The van der Waals surface area contributed by atoms with Crippen LogP contribution in [-0.4, -0.2) is 41.1 Å². The number of aliphatic carboxylic acids is 1. The van der Waals surface area contributed by atoms with Gasteiger partial charge in [0, 0.05) is 17.5 Å². The second kappa shape index (κ2) is 5.97. The molecule has 116 valence electrons. The molecule has 0 saturated carbocycles. The third kappa shape index (κ3) is 3.15.